The topological polar surface area (TPSA) is 50.8 Å². The van der Waals surface area contributed by atoms with Gasteiger partial charge in [-0.2, -0.15) is 5.26 Å². The fraction of sp³-hybridized carbons (Fsp3) is 0.286. The van der Waals surface area contributed by atoms with Gasteiger partial charge in [-0.05, 0) is 19.1 Å². The van der Waals surface area contributed by atoms with Crippen LogP contribution in [-0.4, -0.2) is 16.2 Å². The molecule has 1 heterocycles. The molecule has 0 fully saturated rings. The summed E-state index contributed by atoms with van der Waals surface area (Å²) in [4.78, 5) is 4.43. The lowest BCUT2D eigenvalue weighted by atomic mass is 10.3. The molecule has 0 aliphatic rings. The summed E-state index contributed by atoms with van der Waals surface area (Å²) in [7, 11) is 0. The zero-order chi connectivity index (χ0) is 13.0. The fourth-order valence-corrected chi connectivity index (χ4v) is 1.89. The zero-order valence-corrected chi connectivity index (χ0v) is 10.2. The first-order chi connectivity index (χ1) is 8.80. The fourth-order valence-electron chi connectivity index (χ4n) is 1.89. The molecule has 2 rings (SSSR count). The molecule has 1 aromatic heterocycles. The second-order valence-corrected chi connectivity index (χ2v) is 3.74. The first-order valence-corrected chi connectivity index (χ1v) is 5.72. The van der Waals surface area contributed by atoms with Crippen LogP contribution >= 0.6 is 0 Å². The minimum atomic E-state index is 0.250. The molecule has 18 heavy (non-hydrogen) atoms. The van der Waals surface area contributed by atoms with Crippen molar-refractivity contribution in [3.05, 3.63) is 24.0 Å². The molecule has 0 aliphatic heterocycles. The molecule has 2 aromatic rings. The molecule has 0 saturated heterocycles. The Morgan fingerprint density at radius 3 is 3.00 bits per heavy atom. The smallest absolute Gasteiger partial charge is 0.124 e. The highest BCUT2D eigenvalue weighted by Crippen LogP contribution is 2.22. The predicted molar refractivity (Wildman–Crippen MR) is 69.1 cm³/mol. The number of rotatable bonds is 4. The first kappa shape index (κ1) is 12.0. The Bertz CT molecular complexity index is 643. The molecule has 0 radical (unpaired) electrons. The second kappa shape index (κ2) is 5.25. The molecule has 1 aromatic carbocycles. The number of nitriles is 1. The van der Waals surface area contributed by atoms with Crippen LogP contribution in [0.3, 0.4) is 0 Å². The van der Waals surface area contributed by atoms with E-state index in [1.54, 1.807) is 0 Å². The molecule has 0 spiro atoms. The van der Waals surface area contributed by atoms with Crippen LogP contribution in [0.5, 0.6) is 5.75 Å². The maximum Gasteiger partial charge on any atom is 0.124 e. The highest BCUT2D eigenvalue weighted by atomic mass is 16.5. The van der Waals surface area contributed by atoms with Gasteiger partial charge < -0.3 is 9.30 Å². The van der Waals surface area contributed by atoms with Crippen LogP contribution in [0, 0.1) is 23.7 Å². The minimum absolute atomic E-state index is 0.250. The summed E-state index contributed by atoms with van der Waals surface area (Å²) in [5.41, 5.74) is 1.74. The van der Waals surface area contributed by atoms with E-state index in [2.05, 4.69) is 17.0 Å². The van der Waals surface area contributed by atoms with Crippen molar-refractivity contribution in [2.45, 2.75) is 19.9 Å². The van der Waals surface area contributed by atoms with Gasteiger partial charge in [-0.1, -0.05) is 5.92 Å². The molecule has 0 bridgehead atoms. The monoisotopic (exact) mass is 239 g/mol. The van der Waals surface area contributed by atoms with E-state index in [0.717, 1.165) is 16.8 Å². The molecule has 0 unspecified atom stereocenters. The van der Waals surface area contributed by atoms with Gasteiger partial charge in [0.2, 0.25) is 0 Å². The van der Waals surface area contributed by atoms with Crippen molar-refractivity contribution in [2.24, 2.45) is 0 Å². The molecule has 90 valence electrons. The lowest BCUT2D eigenvalue weighted by Gasteiger charge is -2.04. The van der Waals surface area contributed by atoms with Crippen LogP contribution in [-0.2, 0) is 13.0 Å². The zero-order valence-electron chi connectivity index (χ0n) is 10.2. The SMILES string of the molecule is C#CCn1c(CC#N)nc2cc(OCC)ccc21. The average molecular weight is 239 g/mol. The van der Waals surface area contributed by atoms with E-state index in [-0.39, 0.29) is 6.42 Å². The molecular formula is C14H13N3O. The third-order valence-electron chi connectivity index (χ3n) is 2.60. The van der Waals surface area contributed by atoms with Crippen molar-refractivity contribution in [1.82, 2.24) is 9.55 Å². The Kier molecular flexibility index (Phi) is 3.50. The van der Waals surface area contributed by atoms with E-state index in [0.29, 0.717) is 19.0 Å². The van der Waals surface area contributed by atoms with E-state index in [9.17, 15) is 0 Å². The predicted octanol–water partition coefficient (Wildman–Crippen LogP) is 2.13. The molecule has 0 saturated carbocycles. The normalized spacial score (nSPS) is 9.94. The minimum Gasteiger partial charge on any atom is -0.494 e. The van der Waals surface area contributed by atoms with Crippen molar-refractivity contribution in [3.8, 4) is 24.2 Å². The highest BCUT2D eigenvalue weighted by molar-refractivity contribution is 5.78. The number of hydrogen-bond acceptors (Lipinski definition) is 3. The summed E-state index contributed by atoms with van der Waals surface area (Å²) in [5.74, 6) is 4.05. The second-order valence-electron chi connectivity index (χ2n) is 3.74. The highest BCUT2D eigenvalue weighted by Gasteiger charge is 2.10. The summed E-state index contributed by atoms with van der Waals surface area (Å²) in [6, 6.07) is 7.78. The van der Waals surface area contributed by atoms with Gasteiger partial charge in [0.25, 0.3) is 0 Å². The molecule has 4 heteroatoms. The van der Waals surface area contributed by atoms with Crippen LogP contribution in [0.15, 0.2) is 18.2 Å². The molecule has 0 N–H and O–H groups in total. The molecule has 0 atom stereocenters. The number of fused-ring (bicyclic) bond motifs is 1. The van der Waals surface area contributed by atoms with Gasteiger partial charge in [-0.3, -0.25) is 0 Å². The number of ether oxygens (including phenoxy) is 1. The third kappa shape index (κ3) is 2.14. The number of nitrogens with zero attached hydrogens (tertiary/aromatic N) is 3. The molecule has 4 nitrogen and oxygen atoms in total. The molecular weight excluding hydrogens is 226 g/mol. The van der Waals surface area contributed by atoms with Crippen LogP contribution in [0.2, 0.25) is 0 Å². The standard InChI is InChI=1S/C14H13N3O/c1-3-9-17-13-6-5-11(18-4-2)10-12(13)16-14(17)7-8-15/h1,5-6,10H,4,7,9H2,2H3. The maximum absolute atomic E-state index is 8.80. The Labute approximate surface area is 106 Å². The summed E-state index contributed by atoms with van der Waals surface area (Å²) in [6.45, 7) is 2.96. The Hall–Kier alpha value is -2.46. The van der Waals surface area contributed by atoms with Gasteiger partial charge in [0, 0.05) is 6.07 Å². The van der Waals surface area contributed by atoms with Crippen LogP contribution in [0.1, 0.15) is 12.7 Å². The maximum atomic E-state index is 8.80. The van der Waals surface area contributed by atoms with Gasteiger partial charge in [-0.15, -0.1) is 6.42 Å². The third-order valence-corrected chi connectivity index (χ3v) is 2.60. The number of benzene rings is 1. The largest absolute Gasteiger partial charge is 0.494 e. The van der Waals surface area contributed by atoms with Crippen LogP contribution in [0.4, 0.5) is 0 Å². The van der Waals surface area contributed by atoms with Crippen molar-refractivity contribution >= 4 is 11.0 Å². The van der Waals surface area contributed by atoms with Crippen molar-refractivity contribution in [2.75, 3.05) is 6.61 Å². The van der Waals surface area contributed by atoms with Gasteiger partial charge in [-0.25, -0.2) is 4.98 Å². The van der Waals surface area contributed by atoms with Crippen LogP contribution in [0.25, 0.3) is 11.0 Å². The molecule has 0 amide bonds. The van der Waals surface area contributed by atoms with Crippen LogP contribution < -0.4 is 4.74 Å². The van der Waals surface area contributed by atoms with E-state index >= 15 is 0 Å². The van der Waals surface area contributed by atoms with Gasteiger partial charge >= 0.3 is 0 Å². The number of aromatic nitrogens is 2. The number of terminal acetylenes is 1. The van der Waals surface area contributed by atoms with Crippen molar-refractivity contribution in [1.29, 1.82) is 5.26 Å². The Balaban J connectivity index is 2.54. The van der Waals surface area contributed by atoms with E-state index in [1.165, 1.54) is 0 Å². The van der Waals surface area contributed by atoms with E-state index < -0.39 is 0 Å². The Morgan fingerprint density at radius 1 is 1.50 bits per heavy atom. The lowest BCUT2D eigenvalue weighted by Crippen LogP contribution is -2.01. The quantitative estimate of drug-likeness (QED) is 0.768. The summed E-state index contributed by atoms with van der Waals surface area (Å²) in [5, 5.41) is 8.80. The van der Waals surface area contributed by atoms with E-state index in [1.807, 2.05) is 29.7 Å². The summed E-state index contributed by atoms with van der Waals surface area (Å²) < 4.78 is 7.31. The Morgan fingerprint density at radius 2 is 2.33 bits per heavy atom. The summed E-state index contributed by atoms with van der Waals surface area (Å²) in [6.07, 6.45) is 5.60. The number of hydrogen-bond donors (Lipinski definition) is 0. The molecule has 0 aliphatic carbocycles. The van der Waals surface area contributed by atoms with Crippen molar-refractivity contribution in [3.63, 3.8) is 0 Å². The number of imidazole rings is 1. The van der Waals surface area contributed by atoms with Gasteiger partial charge in [0.05, 0.1) is 36.7 Å². The van der Waals surface area contributed by atoms with Crippen molar-refractivity contribution < 1.29 is 4.74 Å². The van der Waals surface area contributed by atoms with E-state index in [4.69, 9.17) is 16.4 Å². The average Bonchev–Trinajstić information content (AvgIpc) is 2.68. The first-order valence-electron chi connectivity index (χ1n) is 5.72. The lowest BCUT2D eigenvalue weighted by molar-refractivity contribution is 0.340. The van der Waals surface area contributed by atoms with Gasteiger partial charge in [0.1, 0.15) is 11.6 Å². The summed E-state index contributed by atoms with van der Waals surface area (Å²) >= 11 is 0. The van der Waals surface area contributed by atoms with Gasteiger partial charge in [0.15, 0.2) is 0 Å².